The molecule has 128 valence electrons. The van der Waals surface area contributed by atoms with Crippen molar-refractivity contribution < 1.29 is 19.1 Å². The summed E-state index contributed by atoms with van der Waals surface area (Å²) >= 11 is 0. The summed E-state index contributed by atoms with van der Waals surface area (Å²) in [5.41, 5.74) is 0.553. The van der Waals surface area contributed by atoms with Crippen LogP contribution in [0.2, 0.25) is 0 Å². The van der Waals surface area contributed by atoms with Crippen LogP contribution in [0.3, 0.4) is 0 Å². The normalized spacial score (nSPS) is 23.2. The number of carbonyl (C=O) groups is 1. The third kappa shape index (κ3) is 3.62. The second-order valence-corrected chi connectivity index (χ2v) is 6.33. The van der Waals surface area contributed by atoms with Gasteiger partial charge in [0.1, 0.15) is 23.4 Å². The first-order valence-corrected chi connectivity index (χ1v) is 8.29. The Balaban J connectivity index is 1.53. The van der Waals surface area contributed by atoms with Gasteiger partial charge in [0.05, 0.1) is 11.7 Å². The van der Waals surface area contributed by atoms with Crippen molar-refractivity contribution >= 4 is 5.91 Å². The van der Waals surface area contributed by atoms with Crippen LogP contribution >= 0.6 is 0 Å². The molecule has 2 aromatic rings. The van der Waals surface area contributed by atoms with Gasteiger partial charge in [-0.15, -0.1) is 0 Å². The maximum absolute atomic E-state index is 12.2. The van der Waals surface area contributed by atoms with Crippen LogP contribution < -0.4 is 10.1 Å². The summed E-state index contributed by atoms with van der Waals surface area (Å²) in [6.07, 6.45) is 0.785. The Morgan fingerprint density at radius 3 is 2.71 bits per heavy atom. The number of ether oxygens (including phenoxy) is 1. The summed E-state index contributed by atoms with van der Waals surface area (Å²) < 4.78 is 11.2. The predicted molar refractivity (Wildman–Crippen MR) is 90.1 cm³/mol. The molecule has 1 aromatic carbocycles. The highest BCUT2D eigenvalue weighted by Crippen LogP contribution is 2.29. The molecule has 1 aromatic heterocycles. The number of nitrogens with one attached hydrogen (secondary N) is 1. The van der Waals surface area contributed by atoms with Crippen LogP contribution in [-0.4, -0.2) is 29.8 Å². The third-order valence-corrected chi connectivity index (χ3v) is 4.53. The minimum atomic E-state index is -0.585. The molecule has 0 bridgehead atoms. The van der Waals surface area contributed by atoms with E-state index in [1.54, 1.807) is 13.0 Å². The molecule has 1 aliphatic rings. The predicted octanol–water partition coefficient (Wildman–Crippen LogP) is 2.84. The zero-order valence-electron chi connectivity index (χ0n) is 14.0. The molecule has 0 saturated heterocycles. The summed E-state index contributed by atoms with van der Waals surface area (Å²) in [7, 11) is 0. The summed E-state index contributed by atoms with van der Waals surface area (Å²) in [4.78, 5) is 12.2. The Hall–Kier alpha value is -2.27. The van der Waals surface area contributed by atoms with Gasteiger partial charge in [0.15, 0.2) is 0 Å². The quantitative estimate of drug-likeness (QED) is 0.885. The second-order valence-electron chi connectivity index (χ2n) is 6.33. The fraction of sp³-hybridized carbons (Fsp3) is 0.421. The van der Waals surface area contributed by atoms with Crippen molar-refractivity contribution in [1.82, 2.24) is 5.32 Å². The van der Waals surface area contributed by atoms with E-state index >= 15 is 0 Å². The highest BCUT2D eigenvalue weighted by Gasteiger charge is 2.36. The maximum atomic E-state index is 12.2. The molecule has 1 amide bonds. The number of carbonyl (C=O) groups excluding carboxylic acids is 1. The molecule has 0 radical (unpaired) electrons. The van der Waals surface area contributed by atoms with Gasteiger partial charge >= 0.3 is 0 Å². The lowest BCUT2D eigenvalue weighted by atomic mass is 10.1. The molecule has 3 rings (SSSR count). The van der Waals surface area contributed by atoms with Gasteiger partial charge in [-0.3, -0.25) is 4.79 Å². The zero-order valence-corrected chi connectivity index (χ0v) is 14.0. The molecule has 1 saturated carbocycles. The fourth-order valence-corrected chi connectivity index (χ4v) is 3.22. The van der Waals surface area contributed by atoms with E-state index in [0.717, 1.165) is 24.4 Å². The monoisotopic (exact) mass is 329 g/mol. The number of aliphatic hydroxyl groups is 1. The molecular weight excluding hydrogens is 306 g/mol. The number of hydrogen-bond donors (Lipinski definition) is 2. The van der Waals surface area contributed by atoms with Crippen LogP contribution in [-0.2, 0) is 0 Å². The van der Waals surface area contributed by atoms with E-state index in [1.807, 2.05) is 37.3 Å². The van der Waals surface area contributed by atoms with Gasteiger partial charge in [-0.25, -0.2) is 0 Å². The first-order valence-electron chi connectivity index (χ1n) is 8.29. The highest BCUT2D eigenvalue weighted by atomic mass is 16.5. The molecule has 1 aliphatic carbocycles. The Kier molecular flexibility index (Phi) is 4.90. The first kappa shape index (κ1) is 16.6. The van der Waals surface area contributed by atoms with Crippen molar-refractivity contribution in [3.8, 4) is 5.75 Å². The molecular formula is C19H23NO4. The number of aryl methyl sites for hydroxylation is 2. The molecule has 0 aliphatic heterocycles. The van der Waals surface area contributed by atoms with E-state index in [1.165, 1.54) is 0 Å². The van der Waals surface area contributed by atoms with E-state index in [9.17, 15) is 9.90 Å². The molecule has 5 heteroatoms. The van der Waals surface area contributed by atoms with E-state index in [4.69, 9.17) is 9.15 Å². The topological polar surface area (TPSA) is 71.7 Å². The number of amides is 1. The molecule has 0 unspecified atom stereocenters. The largest absolute Gasteiger partial charge is 0.488 e. The Morgan fingerprint density at radius 1 is 1.29 bits per heavy atom. The summed E-state index contributed by atoms with van der Waals surface area (Å²) in [5, 5.41) is 13.4. The Morgan fingerprint density at radius 2 is 2.04 bits per heavy atom. The first-order chi connectivity index (χ1) is 11.5. The average molecular weight is 329 g/mol. The van der Waals surface area contributed by atoms with Crippen molar-refractivity contribution in [2.24, 2.45) is 5.92 Å². The van der Waals surface area contributed by atoms with Crippen molar-refractivity contribution in [1.29, 1.82) is 0 Å². The SMILES string of the molecule is Cc1cc(C(=O)NC[C@H]2CC[C@@H](Oc3ccccc3)[C@@H]2O)c(C)o1. The minimum Gasteiger partial charge on any atom is -0.488 e. The minimum absolute atomic E-state index is 0.00373. The van der Waals surface area contributed by atoms with E-state index in [0.29, 0.717) is 17.9 Å². The van der Waals surface area contributed by atoms with Crippen LogP contribution in [0, 0.1) is 19.8 Å². The van der Waals surface area contributed by atoms with Crippen LogP contribution in [0.5, 0.6) is 5.75 Å². The third-order valence-electron chi connectivity index (χ3n) is 4.53. The molecule has 5 nitrogen and oxygen atoms in total. The zero-order chi connectivity index (χ0) is 17.1. The fourth-order valence-electron chi connectivity index (χ4n) is 3.22. The Labute approximate surface area is 141 Å². The lowest BCUT2D eigenvalue weighted by Gasteiger charge is -2.21. The van der Waals surface area contributed by atoms with Crippen molar-refractivity contribution in [3.05, 3.63) is 53.5 Å². The van der Waals surface area contributed by atoms with Gasteiger partial charge in [-0.1, -0.05) is 18.2 Å². The molecule has 3 atom stereocenters. The number of para-hydroxylation sites is 1. The number of rotatable bonds is 5. The van der Waals surface area contributed by atoms with Crippen molar-refractivity contribution in [3.63, 3.8) is 0 Å². The van der Waals surface area contributed by atoms with Crippen LogP contribution in [0.15, 0.2) is 40.8 Å². The molecule has 2 N–H and O–H groups in total. The molecule has 1 heterocycles. The maximum Gasteiger partial charge on any atom is 0.254 e. The number of aliphatic hydroxyl groups excluding tert-OH is 1. The smallest absolute Gasteiger partial charge is 0.254 e. The summed E-state index contributed by atoms with van der Waals surface area (Å²) in [5.74, 6) is 1.92. The van der Waals surface area contributed by atoms with Crippen molar-refractivity contribution in [2.75, 3.05) is 6.54 Å². The van der Waals surface area contributed by atoms with Gasteiger partial charge in [-0.05, 0) is 44.9 Å². The van der Waals surface area contributed by atoms with Gasteiger partial charge in [0.25, 0.3) is 5.91 Å². The Bertz CT molecular complexity index is 695. The molecule has 0 spiro atoms. The van der Waals surface area contributed by atoms with Gasteiger partial charge in [0.2, 0.25) is 0 Å². The van der Waals surface area contributed by atoms with Gasteiger partial charge in [0, 0.05) is 12.5 Å². The highest BCUT2D eigenvalue weighted by molar-refractivity contribution is 5.95. The van der Waals surface area contributed by atoms with Crippen LogP contribution in [0.1, 0.15) is 34.7 Å². The molecule has 1 fully saturated rings. The van der Waals surface area contributed by atoms with E-state index in [-0.39, 0.29) is 17.9 Å². The summed E-state index contributed by atoms with van der Waals surface area (Å²) in [6, 6.07) is 11.2. The van der Waals surface area contributed by atoms with E-state index in [2.05, 4.69) is 5.32 Å². The standard InChI is InChI=1S/C19H23NO4/c1-12-10-16(13(2)23-12)19(22)20-11-14-8-9-17(18(14)21)24-15-6-4-3-5-7-15/h3-7,10,14,17-18,21H,8-9,11H2,1-2H3,(H,20,22)/t14-,17-,18-/m1/s1. The van der Waals surface area contributed by atoms with Crippen LogP contribution in [0.25, 0.3) is 0 Å². The lowest BCUT2D eigenvalue weighted by Crippen LogP contribution is -2.37. The number of benzene rings is 1. The molecule has 24 heavy (non-hydrogen) atoms. The lowest BCUT2D eigenvalue weighted by molar-refractivity contribution is 0.0348. The number of hydrogen-bond acceptors (Lipinski definition) is 4. The van der Waals surface area contributed by atoms with Crippen LogP contribution in [0.4, 0.5) is 0 Å². The van der Waals surface area contributed by atoms with Gasteiger partial charge in [-0.2, -0.15) is 0 Å². The van der Waals surface area contributed by atoms with Gasteiger partial charge < -0.3 is 19.6 Å². The number of furan rings is 1. The average Bonchev–Trinajstić information content (AvgIpc) is 3.09. The summed E-state index contributed by atoms with van der Waals surface area (Å²) in [6.45, 7) is 4.02. The van der Waals surface area contributed by atoms with E-state index < -0.39 is 6.10 Å². The van der Waals surface area contributed by atoms with Crippen molar-refractivity contribution in [2.45, 2.75) is 38.9 Å². The second kappa shape index (κ2) is 7.09.